The highest BCUT2D eigenvalue weighted by molar-refractivity contribution is 5.97. The molecule has 1 atom stereocenters. The first-order valence-corrected chi connectivity index (χ1v) is 9.75. The van der Waals surface area contributed by atoms with Crippen molar-refractivity contribution in [3.8, 4) is 0 Å². The summed E-state index contributed by atoms with van der Waals surface area (Å²) in [6.07, 6.45) is 0.964. The third-order valence-electron chi connectivity index (χ3n) is 4.72. The zero-order valence-electron chi connectivity index (χ0n) is 18.1. The normalized spacial score (nSPS) is 11.3. The smallest absolute Gasteiger partial charge is 0.326 e. The van der Waals surface area contributed by atoms with Crippen molar-refractivity contribution in [3.63, 3.8) is 0 Å². The summed E-state index contributed by atoms with van der Waals surface area (Å²) in [7, 11) is 1.82. The quantitative estimate of drug-likeness (QED) is 0.263. The molecular weight excluding hydrogens is 448 g/mol. The van der Waals surface area contributed by atoms with Gasteiger partial charge in [-0.2, -0.15) is 9.97 Å². The van der Waals surface area contributed by atoms with Gasteiger partial charge in [-0.1, -0.05) is 0 Å². The van der Waals surface area contributed by atoms with Crippen LogP contribution in [0, 0.1) is 0 Å². The Kier molecular flexibility index (Phi) is 8.17. The van der Waals surface area contributed by atoms with Crippen molar-refractivity contribution in [3.05, 3.63) is 41.7 Å². The molecule has 0 aliphatic carbocycles. The van der Waals surface area contributed by atoms with Crippen molar-refractivity contribution < 1.29 is 30.1 Å². The van der Waals surface area contributed by atoms with Crippen molar-refractivity contribution in [2.45, 2.75) is 25.4 Å². The molecule has 180 valence electrons. The van der Waals surface area contributed by atoms with Gasteiger partial charge in [-0.15, -0.1) is 0 Å². The fraction of sp³-hybridized carbons (Fsp3) is 0.250. The number of nitrogens with one attached hydrogen (secondary N) is 1. The molecule has 1 aromatic carbocycles. The van der Waals surface area contributed by atoms with Gasteiger partial charge in [-0.05, 0) is 30.7 Å². The monoisotopic (exact) mass is 472 g/mol. The number of fused-ring (bicyclic) bond motifs is 1. The first-order chi connectivity index (χ1) is 15.6. The number of aliphatic carboxylic acids is 2. The molecule has 0 fully saturated rings. The van der Waals surface area contributed by atoms with Gasteiger partial charge >= 0.3 is 11.9 Å². The van der Waals surface area contributed by atoms with Crippen molar-refractivity contribution in [1.82, 2.24) is 25.3 Å². The fourth-order valence-corrected chi connectivity index (χ4v) is 3.03. The Labute approximate surface area is 193 Å². The number of carboxylic acids is 2. The van der Waals surface area contributed by atoms with Gasteiger partial charge in [-0.25, -0.2) is 14.8 Å². The molecule has 0 spiro atoms. The molecule has 0 saturated heterocycles. The lowest BCUT2D eigenvalue weighted by Crippen LogP contribution is -2.41. The average Bonchev–Trinajstić information content (AvgIpc) is 2.76. The van der Waals surface area contributed by atoms with Crippen LogP contribution in [0.25, 0.3) is 11.2 Å². The Balaban J connectivity index is 0.00000408. The van der Waals surface area contributed by atoms with E-state index in [9.17, 15) is 19.5 Å². The predicted octanol–water partition coefficient (Wildman–Crippen LogP) is -0.556. The van der Waals surface area contributed by atoms with Crippen LogP contribution in [0.4, 0.5) is 17.5 Å². The molecule has 0 radical (unpaired) electrons. The third kappa shape index (κ3) is 6.23. The molecular formula is C20H24N8O6. The number of benzene rings is 1. The SMILES string of the molecule is CN(Cc1cnc2nc(N)nc(N)c2n1)c1ccc(C(=O)N[C@@H](CCC(=O)O)C(=O)O)cc1.O. The summed E-state index contributed by atoms with van der Waals surface area (Å²) in [5, 5.41) is 20.2. The number of carboxylic acid groups (broad SMARTS) is 2. The average molecular weight is 472 g/mol. The molecule has 3 aromatic rings. The largest absolute Gasteiger partial charge is 0.481 e. The standard InChI is InChI=1S/C20H22N8O5.H2O/c1-28(9-11-8-23-17-15(24-11)16(21)26-20(22)27-17)12-4-2-10(3-5-12)18(31)25-13(19(32)33)6-7-14(29)30;/h2-5,8,13H,6-7,9H2,1H3,(H,25,31)(H,29,30)(H,32,33)(H4,21,22,23,26,27);1H2/t13-;/m0./s1. The zero-order chi connectivity index (χ0) is 24.1. The molecule has 3 rings (SSSR count). The number of hydrogen-bond donors (Lipinski definition) is 5. The van der Waals surface area contributed by atoms with Gasteiger partial charge in [0.05, 0.1) is 18.4 Å². The second-order valence-electron chi connectivity index (χ2n) is 7.20. The molecule has 0 saturated carbocycles. The Morgan fingerprint density at radius 2 is 1.76 bits per heavy atom. The highest BCUT2D eigenvalue weighted by Gasteiger charge is 2.21. The summed E-state index contributed by atoms with van der Waals surface area (Å²) in [5.41, 5.74) is 13.7. The number of hydrogen-bond acceptors (Lipinski definition) is 10. The van der Waals surface area contributed by atoms with Gasteiger partial charge in [-0.3, -0.25) is 9.59 Å². The maximum Gasteiger partial charge on any atom is 0.326 e. The zero-order valence-corrected chi connectivity index (χ0v) is 18.1. The minimum atomic E-state index is -1.30. The molecule has 0 aliphatic heterocycles. The van der Waals surface area contributed by atoms with Crippen LogP contribution >= 0.6 is 0 Å². The van der Waals surface area contributed by atoms with Crippen LogP contribution in [0.15, 0.2) is 30.5 Å². The van der Waals surface area contributed by atoms with E-state index in [4.69, 9.17) is 16.6 Å². The molecule has 2 aromatic heterocycles. The summed E-state index contributed by atoms with van der Waals surface area (Å²) in [5.74, 6) is -2.91. The number of anilines is 3. The van der Waals surface area contributed by atoms with Crippen LogP contribution in [0.1, 0.15) is 28.9 Å². The van der Waals surface area contributed by atoms with Gasteiger partial charge in [0.25, 0.3) is 5.91 Å². The number of nitrogen functional groups attached to an aromatic ring is 2. The molecule has 34 heavy (non-hydrogen) atoms. The third-order valence-corrected chi connectivity index (χ3v) is 4.72. The van der Waals surface area contributed by atoms with E-state index in [2.05, 4.69) is 25.3 Å². The highest BCUT2D eigenvalue weighted by atomic mass is 16.4. The number of nitrogens with two attached hydrogens (primary N) is 2. The molecule has 0 aliphatic rings. The van der Waals surface area contributed by atoms with E-state index in [-0.39, 0.29) is 35.6 Å². The van der Waals surface area contributed by atoms with Gasteiger partial charge in [0.2, 0.25) is 5.95 Å². The first kappa shape index (κ1) is 25.7. The van der Waals surface area contributed by atoms with Gasteiger partial charge in [0.1, 0.15) is 6.04 Å². The Morgan fingerprint density at radius 1 is 1.09 bits per heavy atom. The molecule has 14 heteroatoms. The van der Waals surface area contributed by atoms with Crippen LogP contribution in [-0.4, -0.2) is 66.6 Å². The van der Waals surface area contributed by atoms with Crippen LogP contribution in [0.3, 0.4) is 0 Å². The maximum atomic E-state index is 12.4. The van der Waals surface area contributed by atoms with E-state index in [1.165, 1.54) is 12.1 Å². The van der Waals surface area contributed by atoms with Crippen LogP contribution < -0.4 is 21.7 Å². The van der Waals surface area contributed by atoms with E-state index < -0.39 is 23.9 Å². The summed E-state index contributed by atoms with van der Waals surface area (Å²) in [6, 6.07) is 5.16. The van der Waals surface area contributed by atoms with Crippen LogP contribution in [-0.2, 0) is 16.1 Å². The fourth-order valence-electron chi connectivity index (χ4n) is 3.03. The van der Waals surface area contributed by atoms with Crippen molar-refractivity contribution in [2.75, 3.05) is 23.4 Å². The lowest BCUT2D eigenvalue weighted by atomic mass is 10.1. The van der Waals surface area contributed by atoms with E-state index in [0.717, 1.165) is 5.69 Å². The summed E-state index contributed by atoms with van der Waals surface area (Å²) >= 11 is 0. The van der Waals surface area contributed by atoms with Gasteiger partial charge in [0, 0.05) is 24.7 Å². The van der Waals surface area contributed by atoms with Crippen molar-refractivity contribution in [1.29, 1.82) is 0 Å². The minimum absolute atomic E-state index is 0. The van der Waals surface area contributed by atoms with Crippen molar-refractivity contribution >= 4 is 46.5 Å². The van der Waals surface area contributed by atoms with E-state index in [1.54, 1.807) is 18.3 Å². The number of aromatic nitrogens is 4. The first-order valence-electron chi connectivity index (χ1n) is 9.75. The molecule has 0 unspecified atom stereocenters. The minimum Gasteiger partial charge on any atom is -0.481 e. The second kappa shape index (κ2) is 10.8. The second-order valence-corrected chi connectivity index (χ2v) is 7.20. The summed E-state index contributed by atoms with van der Waals surface area (Å²) < 4.78 is 0. The lowest BCUT2D eigenvalue weighted by molar-refractivity contribution is -0.140. The number of nitrogens with zero attached hydrogens (tertiary/aromatic N) is 5. The number of carbonyl (C=O) groups is 3. The number of amides is 1. The molecule has 2 heterocycles. The Morgan fingerprint density at radius 3 is 2.38 bits per heavy atom. The summed E-state index contributed by atoms with van der Waals surface area (Å²) in [4.78, 5) is 52.7. The molecule has 1 amide bonds. The van der Waals surface area contributed by atoms with E-state index in [1.807, 2.05) is 11.9 Å². The Bertz CT molecular complexity index is 1200. The Hall–Kier alpha value is -4.59. The lowest BCUT2D eigenvalue weighted by Gasteiger charge is -2.19. The maximum absolute atomic E-state index is 12.4. The topological polar surface area (TPSA) is 242 Å². The molecule has 0 bridgehead atoms. The van der Waals surface area contributed by atoms with Gasteiger partial charge in [0.15, 0.2) is 17.0 Å². The van der Waals surface area contributed by atoms with E-state index in [0.29, 0.717) is 23.4 Å². The van der Waals surface area contributed by atoms with Crippen molar-refractivity contribution in [2.24, 2.45) is 0 Å². The summed E-state index contributed by atoms with van der Waals surface area (Å²) in [6.45, 7) is 0.370. The molecule has 9 N–H and O–H groups in total. The molecule has 14 nitrogen and oxygen atoms in total. The van der Waals surface area contributed by atoms with E-state index >= 15 is 0 Å². The number of rotatable bonds is 9. The predicted molar refractivity (Wildman–Crippen MR) is 122 cm³/mol. The van der Waals surface area contributed by atoms with Crippen LogP contribution in [0.2, 0.25) is 0 Å². The van der Waals surface area contributed by atoms with Crippen LogP contribution in [0.5, 0.6) is 0 Å². The number of carbonyl (C=O) groups excluding carboxylic acids is 1. The van der Waals surface area contributed by atoms with Gasteiger partial charge < -0.3 is 37.4 Å². The highest BCUT2D eigenvalue weighted by Crippen LogP contribution is 2.19.